The van der Waals surface area contributed by atoms with Crippen molar-refractivity contribution in [1.29, 1.82) is 0 Å². The summed E-state index contributed by atoms with van der Waals surface area (Å²) in [6, 6.07) is 7.44. The minimum Gasteiger partial charge on any atom is -0.491 e. The Kier molecular flexibility index (Phi) is 9.41. The van der Waals surface area contributed by atoms with Crippen molar-refractivity contribution in [2.24, 2.45) is 0 Å². The van der Waals surface area contributed by atoms with Gasteiger partial charge in [-0.1, -0.05) is 17.3 Å². The van der Waals surface area contributed by atoms with Crippen molar-refractivity contribution in [3.63, 3.8) is 0 Å². The lowest BCUT2D eigenvalue weighted by Gasteiger charge is -2.36. The fraction of sp³-hybridized carbons (Fsp3) is 0.519. The van der Waals surface area contributed by atoms with E-state index in [4.69, 9.17) is 24.0 Å². The van der Waals surface area contributed by atoms with Gasteiger partial charge in [-0.15, -0.1) is 0 Å². The van der Waals surface area contributed by atoms with Crippen LogP contribution >= 0.6 is 0 Å². The van der Waals surface area contributed by atoms with Gasteiger partial charge in [0, 0.05) is 44.4 Å². The number of aliphatic hydroxyl groups excluding tert-OH is 1. The van der Waals surface area contributed by atoms with Crippen molar-refractivity contribution in [3.8, 4) is 28.4 Å². The number of morpholine rings is 1. The number of sulfonamides is 1. The number of hydrogen-bond acceptors (Lipinski definition) is 11. The summed E-state index contributed by atoms with van der Waals surface area (Å²) in [6.07, 6.45) is 0.219. The van der Waals surface area contributed by atoms with Gasteiger partial charge in [0.1, 0.15) is 30.0 Å². The first kappa shape index (κ1) is 29.9. The van der Waals surface area contributed by atoms with E-state index in [1.165, 1.54) is 10.6 Å². The molecule has 218 valence electrons. The second-order valence-electron chi connectivity index (χ2n) is 10.1. The van der Waals surface area contributed by atoms with Gasteiger partial charge in [-0.2, -0.15) is 0 Å². The molecule has 2 N–H and O–H groups in total. The third-order valence-electron chi connectivity index (χ3n) is 6.83. The van der Waals surface area contributed by atoms with Crippen molar-refractivity contribution in [3.05, 3.63) is 41.3 Å². The van der Waals surface area contributed by atoms with Gasteiger partial charge in [-0.05, 0) is 40.0 Å². The zero-order chi connectivity index (χ0) is 29.0. The quantitative estimate of drug-likeness (QED) is 0.346. The summed E-state index contributed by atoms with van der Waals surface area (Å²) in [5.41, 5.74) is 3.85. The van der Waals surface area contributed by atoms with Gasteiger partial charge >= 0.3 is 0 Å². The van der Waals surface area contributed by atoms with E-state index in [0.717, 1.165) is 28.2 Å². The van der Waals surface area contributed by atoms with Crippen LogP contribution in [0.3, 0.4) is 0 Å². The van der Waals surface area contributed by atoms with Crippen LogP contribution < -0.4 is 15.0 Å². The van der Waals surface area contributed by atoms with E-state index in [1.54, 1.807) is 14.1 Å². The van der Waals surface area contributed by atoms with Crippen LogP contribution in [0.4, 0.5) is 5.82 Å². The number of aromatic nitrogens is 3. The molecular formula is C27H38N6O6S. The lowest BCUT2D eigenvalue weighted by molar-refractivity contribution is 0.0316. The maximum absolute atomic E-state index is 12.0. The third-order valence-corrected chi connectivity index (χ3v) is 8.11. The molecule has 3 aromatic rings. The Morgan fingerprint density at radius 3 is 2.73 bits per heavy atom. The highest BCUT2D eigenvalue weighted by Gasteiger charge is 2.29. The minimum atomic E-state index is -3.34. The van der Waals surface area contributed by atoms with Crippen LogP contribution in [0.1, 0.15) is 17.0 Å². The van der Waals surface area contributed by atoms with Crippen LogP contribution in [0.25, 0.3) is 22.6 Å². The Morgan fingerprint density at radius 2 is 2.05 bits per heavy atom. The van der Waals surface area contributed by atoms with Crippen molar-refractivity contribution in [1.82, 2.24) is 24.7 Å². The van der Waals surface area contributed by atoms with Gasteiger partial charge in [0.05, 0.1) is 35.9 Å². The molecule has 0 bridgehead atoms. The zero-order valence-electron chi connectivity index (χ0n) is 23.8. The number of likely N-dealkylation sites (N-methyl/N-ethyl adjacent to an activating group) is 2. The van der Waals surface area contributed by atoms with E-state index in [1.807, 2.05) is 45.0 Å². The summed E-state index contributed by atoms with van der Waals surface area (Å²) in [5, 5.41) is 17.1. The molecule has 0 saturated carbocycles. The standard InChI is InChI=1S/C27H38N6O6S/c1-17-25(24-18(2)31-39-19(24)3)29-26(20-8-7-9-22(12-20)38-16-21(34)13-28-4)30-27(17)33-10-11-37-23(15-33)14-32(5)40(6,35)36/h7-9,12,21,23,28,34H,10-11,13-16H2,1-6H3/t21?,23-/m1/s1. The zero-order valence-corrected chi connectivity index (χ0v) is 24.7. The molecule has 4 rings (SSSR count). The molecule has 0 spiro atoms. The highest BCUT2D eigenvalue weighted by molar-refractivity contribution is 7.88. The number of ether oxygens (including phenoxy) is 2. The monoisotopic (exact) mass is 574 g/mol. The molecule has 1 aliphatic rings. The number of nitrogens with zero attached hydrogens (tertiary/aromatic N) is 5. The molecule has 1 unspecified atom stereocenters. The molecule has 2 atom stereocenters. The Hall–Kier alpha value is -3.10. The largest absolute Gasteiger partial charge is 0.491 e. The maximum Gasteiger partial charge on any atom is 0.211 e. The van der Waals surface area contributed by atoms with Gasteiger partial charge in [0.25, 0.3) is 0 Å². The molecule has 0 aliphatic carbocycles. The molecule has 13 heteroatoms. The number of aliphatic hydroxyl groups is 1. The molecule has 0 amide bonds. The molecule has 40 heavy (non-hydrogen) atoms. The van der Waals surface area contributed by atoms with Crippen molar-refractivity contribution in [2.75, 3.05) is 64.6 Å². The SMILES string of the molecule is CNCC(O)COc1cccc(-c2nc(-c3c(C)noc3C)c(C)c(N3CCO[C@H](CN(C)S(C)(=O)=O)C3)n2)c1. The molecule has 3 heterocycles. The van der Waals surface area contributed by atoms with Crippen molar-refractivity contribution < 1.29 is 27.5 Å². The highest BCUT2D eigenvalue weighted by atomic mass is 32.2. The summed E-state index contributed by atoms with van der Waals surface area (Å²) in [7, 11) is -0.0172. The van der Waals surface area contributed by atoms with Crippen LogP contribution in [0.15, 0.2) is 28.8 Å². The molecule has 1 fully saturated rings. The lowest BCUT2D eigenvalue weighted by atomic mass is 10.0. The molecular weight excluding hydrogens is 536 g/mol. The average molecular weight is 575 g/mol. The van der Waals surface area contributed by atoms with Gasteiger partial charge in [0.2, 0.25) is 10.0 Å². The van der Waals surface area contributed by atoms with Gasteiger partial charge in [-0.25, -0.2) is 22.7 Å². The molecule has 2 aromatic heterocycles. The number of hydrogen-bond donors (Lipinski definition) is 2. The summed E-state index contributed by atoms with van der Waals surface area (Å²) >= 11 is 0. The number of aryl methyl sites for hydroxylation is 2. The third kappa shape index (κ3) is 6.96. The Morgan fingerprint density at radius 1 is 1.27 bits per heavy atom. The smallest absolute Gasteiger partial charge is 0.211 e. The van der Waals surface area contributed by atoms with Crippen LogP contribution in [-0.2, 0) is 14.8 Å². The van der Waals surface area contributed by atoms with E-state index in [2.05, 4.69) is 15.4 Å². The van der Waals surface area contributed by atoms with Gasteiger partial charge in [0.15, 0.2) is 5.82 Å². The van der Waals surface area contributed by atoms with Crippen LogP contribution in [-0.4, -0.2) is 105 Å². The first-order chi connectivity index (χ1) is 19.0. The second kappa shape index (κ2) is 12.6. The molecule has 12 nitrogen and oxygen atoms in total. The second-order valence-corrected chi connectivity index (χ2v) is 12.2. The summed E-state index contributed by atoms with van der Waals surface area (Å²) < 4.78 is 42.5. The minimum absolute atomic E-state index is 0.145. The predicted octanol–water partition coefficient (Wildman–Crippen LogP) is 1.78. The summed E-state index contributed by atoms with van der Waals surface area (Å²) in [6.45, 7) is 7.99. The maximum atomic E-state index is 12.0. The lowest BCUT2D eigenvalue weighted by Crippen LogP contribution is -2.48. The van der Waals surface area contributed by atoms with Crippen molar-refractivity contribution >= 4 is 15.8 Å². The first-order valence-electron chi connectivity index (χ1n) is 13.1. The van der Waals surface area contributed by atoms with Crippen LogP contribution in [0.5, 0.6) is 5.75 Å². The number of anilines is 1. The summed E-state index contributed by atoms with van der Waals surface area (Å²) in [5.74, 6) is 2.47. The van der Waals surface area contributed by atoms with E-state index < -0.39 is 16.1 Å². The fourth-order valence-electron chi connectivity index (χ4n) is 4.66. The Bertz CT molecular complexity index is 1410. The van der Waals surface area contributed by atoms with Gasteiger partial charge in [-0.3, -0.25) is 0 Å². The van der Waals surface area contributed by atoms with Crippen molar-refractivity contribution in [2.45, 2.75) is 33.0 Å². The van der Waals surface area contributed by atoms with E-state index in [9.17, 15) is 13.5 Å². The highest BCUT2D eigenvalue weighted by Crippen LogP contribution is 2.35. The Labute approximate surface area is 235 Å². The topological polar surface area (TPSA) is 143 Å². The van der Waals surface area contributed by atoms with Gasteiger partial charge < -0.3 is 29.3 Å². The molecule has 1 saturated heterocycles. The number of rotatable bonds is 11. The molecule has 1 aliphatic heterocycles. The molecule has 0 radical (unpaired) electrons. The average Bonchev–Trinajstić information content (AvgIpc) is 3.25. The van der Waals surface area contributed by atoms with E-state index in [0.29, 0.717) is 49.3 Å². The fourth-order valence-corrected chi connectivity index (χ4v) is 5.10. The molecule has 1 aromatic carbocycles. The van der Waals surface area contributed by atoms with Crippen LogP contribution in [0, 0.1) is 20.8 Å². The normalized spacial score (nSPS) is 16.9. The number of benzene rings is 1. The predicted molar refractivity (Wildman–Crippen MR) is 152 cm³/mol. The first-order valence-corrected chi connectivity index (χ1v) is 15.0. The number of nitrogens with one attached hydrogen (secondary N) is 1. The van der Waals surface area contributed by atoms with E-state index in [-0.39, 0.29) is 19.3 Å². The van der Waals surface area contributed by atoms with Crippen LogP contribution in [0.2, 0.25) is 0 Å². The summed E-state index contributed by atoms with van der Waals surface area (Å²) in [4.78, 5) is 12.1. The Balaban J connectivity index is 1.73. The van der Waals surface area contributed by atoms with E-state index >= 15 is 0 Å².